The van der Waals surface area contributed by atoms with E-state index in [-0.39, 0.29) is 5.91 Å². The molecule has 0 spiro atoms. The third kappa shape index (κ3) is 2.59. The molecule has 17 heavy (non-hydrogen) atoms. The molecular formula is C11H14BNO4. The highest BCUT2D eigenvalue weighted by Crippen LogP contribution is 2.17. The average Bonchev–Trinajstić information content (AvgIpc) is 2.62. The van der Waals surface area contributed by atoms with Gasteiger partial charge in [0, 0.05) is 20.0 Å². The van der Waals surface area contributed by atoms with E-state index in [1.807, 2.05) is 0 Å². The molecule has 1 unspecified atom stereocenters. The predicted octanol–water partition coefficient (Wildman–Crippen LogP) is -1.02. The van der Waals surface area contributed by atoms with E-state index >= 15 is 0 Å². The molecule has 1 aliphatic heterocycles. The standard InChI is InChI=1S/C11H14BNO4/c1-13-7-6-10(11(13)14)17-9-4-2-8(3-5-9)12(15)16/h2-5,10,15-16H,6-7H2,1H3. The van der Waals surface area contributed by atoms with Gasteiger partial charge in [0.2, 0.25) is 0 Å². The van der Waals surface area contributed by atoms with E-state index in [1.165, 1.54) is 0 Å². The molecule has 0 bridgehead atoms. The molecule has 5 nitrogen and oxygen atoms in total. The van der Waals surface area contributed by atoms with Crippen molar-refractivity contribution in [1.29, 1.82) is 0 Å². The second kappa shape index (κ2) is 4.77. The molecule has 1 amide bonds. The van der Waals surface area contributed by atoms with E-state index in [1.54, 1.807) is 36.2 Å². The summed E-state index contributed by atoms with van der Waals surface area (Å²) < 4.78 is 5.54. The first kappa shape index (κ1) is 11.9. The van der Waals surface area contributed by atoms with Crippen molar-refractivity contribution in [3.8, 4) is 5.75 Å². The first-order chi connectivity index (χ1) is 8.08. The van der Waals surface area contributed by atoms with Crippen LogP contribution in [0.4, 0.5) is 0 Å². The highest BCUT2D eigenvalue weighted by Gasteiger charge is 2.30. The van der Waals surface area contributed by atoms with Crippen LogP contribution in [0.5, 0.6) is 5.75 Å². The number of amides is 1. The van der Waals surface area contributed by atoms with E-state index in [0.717, 1.165) is 0 Å². The number of benzene rings is 1. The molecular weight excluding hydrogens is 221 g/mol. The molecule has 0 radical (unpaired) electrons. The molecule has 0 aliphatic carbocycles. The Labute approximate surface area is 99.8 Å². The van der Waals surface area contributed by atoms with Gasteiger partial charge in [-0.25, -0.2) is 0 Å². The monoisotopic (exact) mass is 235 g/mol. The fourth-order valence-electron chi connectivity index (χ4n) is 1.78. The van der Waals surface area contributed by atoms with E-state index in [9.17, 15) is 4.79 Å². The molecule has 2 N–H and O–H groups in total. The molecule has 1 aromatic carbocycles. The van der Waals surface area contributed by atoms with E-state index in [4.69, 9.17) is 14.8 Å². The number of rotatable bonds is 3. The Morgan fingerprint density at radius 3 is 2.47 bits per heavy atom. The molecule has 0 aromatic heterocycles. The minimum absolute atomic E-state index is 0.0173. The maximum absolute atomic E-state index is 11.6. The maximum Gasteiger partial charge on any atom is 0.488 e. The highest BCUT2D eigenvalue weighted by molar-refractivity contribution is 6.58. The molecule has 1 aromatic rings. The molecule has 1 heterocycles. The topological polar surface area (TPSA) is 70.0 Å². The molecule has 2 rings (SSSR count). The Bertz CT molecular complexity index is 406. The Hall–Kier alpha value is -1.53. The summed E-state index contributed by atoms with van der Waals surface area (Å²) in [4.78, 5) is 13.2. The van der Waals surface area contributed by atoms with Crippen LogP contribution in [0.25, 0.3) is 0 Å². The van der Waals surface area contributed by atoms with Gasteiger partial charge in [0.25, 0.3) is 5.91 Å². The van der Waals surface area contributed by atoms with Gasteiger partial charge in [-0.2, -0.15) is 0 Å². The Morgan fingerprint density at radius 2 is 2.00 bits per heavy atom. The normalized spacial score (nSPS) is 19.6. The van der Waals surface area contributed by atoms with Crippen LogP contribution in [0.1, 0.15) is 6.42 Å². The van der Waals surface area contributed by atoms with E-state index in [0.29, 0.717) is 24.2 Å². The summed E-state index contributed by atoms with van der Waals surface area (Å²) in [6.07, 6.45) is 0.254. The van der Waals surface area contributed by atoms with Gasteiger partial charge in [-0.1, -0.05) is 12.1 Å². The number of likely N-dealkylation sites (N-methyl/N-ethyl adjacent to an activating group) is 1. The van der Waals surface area contributed by atoms with Crippen molar-refractivity contribution in [3.05, 3.63) is 24.3 Å². The Balaban J connectivity index is 2.02. The van der Waals surface area contributed by atoms with E-state index in [2.05, 4.69) is 0 Å². The van der Waals surface area contributed by atoms with Crippen molar-refractivity contribution in [1.82, 2.24) is 4.90 Å². The van der Waals surface area contributed by atoms with Gasteiger partial charge in [-0.15, -0.1) is 0 Å². The van der Waals surface area contributed by atoms with Gasteiger partial charge in [0.1, 0.15) is 5.75 Å². The van der Waals surface area contributed by atoms with Crippen molar-refractivity contribution in [2.45, 2.75) is 12.5 Å². The minimum Gasteiger partial charge on any atom is -0.481 e. The zero-order chi connectivity index (χ0) is 12.4. The van der Waals surface area contributed by atoms with Crippen LogP contribution in [0, 0.1) is 0 Å². The minimum atomic E-state index is -1.48. The van der Waals surface area contributed by atoms with Crippen LogP contribution in [0.3, 0.4) is 0 Å². The third-order valence-electron chi connectivity index (χ3n) is 2.83. The number of carbonyl (C=O) groups excluding carboxylic acids is 1. The number of likely N-dealkylation sites (tertiary alicyclic amines) is 1. The van der Waals surface area contributed by atoms with Crippen molar-refractivity contribution in [2.75, 3.05) is 13.6 Å². The maximum atomic E-state index is 11.6. The van der Waals surface area contributed by atoms with Crippen molar-refractivity contribution in [3.63, 3.8) is 0 Å². The second-order valence-corrected chi connectivity index (χ2v) is 4.10. The van der Waals surface area contributed by atoms with Crippen LogP contribution in [-0.4, -0.2) is 47.7 Å². The number of hydrogen-bond acceptors (Lipinski definition) is 4. The second-order valence-electron chi connectivity index (χ2n) is 4.10. The van der Waals surface area contributed by atoms with Gasteiger partial charge in [-0.3, -0.25) is 4.79 Å². The smallest absolute Gasteiger partial charge is 0.481 e. The number of ether oxygens (including phenoxy) is 1. The van der Waals surface area contributed by atoms with Crippen LogP contribution in [0.2, 0.25) is 0 Å². The molecule has 90 valence electrons. The molecule has 1 atom stereocenters. The van der Waals surface area contributed by atoms with Crippen molar-refractivity contribution in [2.24, 2.45) is 0 Å². The molecule has 1 fully saturated rings. The summed E-state index contributed by atoms with van der Waals surface area (Å²) in [7, 11) is 0.264. The van der Waals surface area contributed by atoms with Gasteiger partial charge < -0.3 is 19.7 Å². The number of nitrogens with zero attached hydrogens (tertiary/aromatic N) is 1. The Kier molecular flexibility index (Phi) is 3.35. The van der Waals surface area contributed by atoms with E-state index < -0.39 is 13.2 Å². The lowest BCUT2D eigenvalue weighted by Crippen LogP contribution is -2.30. The average molecular weight is 235 g/mol. The largest absolute Gasteiger partial charge is 0.488 e. The van der Waals surface area contributed by atoms with Gasteiger partial charge >= 0.3 is 7.12 Å². The SMILES string of the molecule is CN1CCC(Oc2ccc(B(O)O)cc2)C1=O. The third-order valence-corrected chi connectivity index (χ3v) is 2.83. The quantitative estimate of drug-likeness (QED) is 0.657. The lowest BCUT2D eigenvalue weighted by molar-refractivity contribution is -0.132. The molecule has 1 aliphatic rings. The van der Waals surface area contributed by atoms with Gasteiger partial charge in [0.15, 0.2) is 6.10 Å². The predicted molar refractivity (Wildman–Crippen MR) is 62.9 cm³/mol. The summed E-state index contributed by atoms with van der Waals surface area (Å²) in [6.45, 7) is 0.705. The molecule has 0 saturated carbocycles. The zero-order valence-electron chi connectivity index (χ0n) is 9.54. The first-order valence-corrected chi connectivity index (χ1v) is 5.45. The highest BCUT2D eigenvalue weighted by atomic mass is 16.5. The van der Waals surface area contributed by atoms with Gasteiger partial charge in [-0.05, 0) is 17.6 Å². The summed E-state index contributed by atoms with van der Waals surface area (Å²) in [6, 6.07) is 6.37. The summed E-state index contributed by atoms with van der Waals surface area (Å²) in [5, 5.41) is 17.9. The fourth-order valence-corrected chi connectivity index (χ4v) is 1.78. The lowest BCUT2D eigenvalue weighted by atomic mass is 9.80. The zero-order valence-corrected chi connectivity index (χ0v) is 9.54. The summed E-state index contributed by atoms with van der Waals surface area (Å²) >= 11 is 0. The number of carbonyl (C=O) groups is 1. The summed E-state index contributed by atoms with van der Waals surface area (Å²) in [5.74, 6) is 0.541. The van der Waals surface area contributed by atoms with Crippen LogP contribution in [-0.2, 0) is 4.79 Å². The van der Waals surface area contributed by atoms with Crippen LogP contribution < -0.4 is 10.2 Å². The molecule has 6 heteroatoms. The molecule has 1 saturated heterocycles. The fraction of sp³-hybridized carbons (Fsp3) is 0.364. The summed E-state index contributed by atoms with van der Waals surface area (Å²) in [5.41, 5.74) is 0.396. The Morgan fingerprint density at radius 1 is 1.35 bits per heavy atom. The van der Waals surface area contributed by atoms with Crippen molar-refractivity contribution >= 4 is 18.5 Å². The van der Waals surface area contributed by atoms with Crippen LogP contribution in [0.15, 0.2) is 24.3 Å². The number of hydrogen-bond donors (Lipinski definition) is 2. The van der Waals surface area contributed by atoms with Gasteiger partial charge in [0.05, 0.1) is 0 Å². The first-order valence-electron chi connectivity index (χ1n) is 5.45. The van der Waals surface area contributed by atoms with Crippen molar-refractivity contribution < 1.29 is 19.6 Å². The lowest BCUT2D eigenvalue weighted by Gasteiger charge is -2.13. The van der Waals surface area contributed by atoms with Crippen LogP contribution >= 0.6 is 0 Å².